The Labute approximate surface area is 88.1 Å². The predicted molar refractivity (Wildman–Crippen MR) is 54.1 cm³/mol. The molecule has 0 aliphatic rings. The largest absolute Gasteiger partial charge is 0.390 e. The van der Waals surface area contributed by atoms with E-state index in [1.54, 1.807) is 7.05 Å². The molecule has 0 aliphatic heterocycles. The van der Waals surface area contributed by atoms with Crippen LogP contribution < -0.4 is 0 Å². The van der Waals surface area contributed by atoms with Crippen molar-refractivity contribution >= 4 is 11.6 Å². The van der Waals surface area contributed by atoms with Gasteiger partial charge < -0.3 is 10.2 Å². The Morgan fingerprint density at radius 2 is 2.21 bits per heavy atom. The molecule has 0 fully saturated rings. The smallest absolute Gasteiger partial charge is 0.123 e. The Morgan fingerprint density at radius 1 is 1.57 bits per heavy atom. The minimum absolute atomic E-state index is 0.384. The zero-order valence-corrected chi connectivity index (χ0v) is 9.07. The van der Waals surface area contributed by atoms with Gasteiger partial charge in [-0.15, -0.1) is 0 Å². The van der Waals surface area contributed by atoms with Crippen LogP contribution in [-0.4, -0.2) is 26.1 Å². The number of rotatable bonds is 4. The predicted octanol–water partition coefficient (Wildman–Crippen LogP) is 1.27. The summed E-state index contributed by atoms with van der Waals surface area (Å²) >= 11 is 5.83. The third kappa shape index (κ3) is 2.26. The maximum Gasteiger partial charge on any atom is 0.123 e. The molecule has 2 unspecified atom stereocenters. The molecule has 1 aromatic rings. The van der Waals surface area contributed by atoms with E-state index in [2.05, 4.69) is 5.10 Å². The van der Waals surface area contributed by atoms with Gasteiger partial charge in [0, 0.05) is 7.05 Å². The van der Waals surface area contributed by atoms with E-state index in [9.17, 15) is 10.2 Å². The summed E-state index contributed by atoms with van der Waals surface area (Å²) in [6.07, 6.45) is 1.07. The Kier molecular flexibility index (Phi) is 3.92. The summed E-state index contributed by atoms with van der Waals surface area (Å²) in [5, 5.41) is 23.6. The molecule has 0 radical (unpaired) electrons. The van der Waals surface area contributed by atoms with Crippen LogP contribution in [0.1, 0.15) is 31.6 Å². The summed E-state index contributed by atoms with van der Waals surface area (Å²) in [7, 11) is 1.68. The summed E-state index contributed by atoms with van der Waals surface area (Å²) in [5.41, 5.74) is 0.465. The molecule has 5 heteroatoms. The molecule has 0 aromatic carbocycles. The van der Waals surface area contributed by atoms with Gasteiger partial charge in [-0.05, 0) is 6.42 Å². The van der Waals surface area contributed by atoms with E-state index in [0.717, 1.165) is 6.42 Å². The topological polar surface area (TPSA) is 58.3 Å². The molecule has 0 bridgehead atoms. The SMILES string of the molecule is CCCC(O)C(O)c1c(Cl)cnn1C. The van der Waals surface area contributed by atoms with Gasteiger partial charge in [-0.2, -0.15) is 5.10 Å². The molecular formula is C9H15ClN2O2. The third-order valence-electron chi connectivity index (χ3n) is 2.17. The van der Waals surface area contributed by atoms with Gasteiger partial charge in [0.25, 0.3) is 0 Å². The Hall–Kier alpha value is -0.580. The van der Waals surface area contributed by atoms with Gasteiger partial charge in [0.15, 0.2) is 0 Å². The molecule has 0 amide bonds. The molecule has 4 nitrogen and oxygen atoms in total. The molecule has 0 saturated heterocycles. The molecule has 0 spiro atoms. The van der Waals surface area contributed by atoms with Crippen molar-refractivity contribution in [2.45, 2.75) is 32.0 Å². The normalized spacial score (nSPS) is 15.5. The number of aliphatic hydroxyl groups is 2. The van der Waals surface area contributed by atoms with Crippen LogP contribution in [0, 0.1) is 0 Å². The van der Waals surface area contributed by atoms with E-state index < -0.39 is 12.2 Å². The number of hydrogen-bond donors (Lipinski definition) is 2. The van der Waals surface area contributed by atoms with Crippen LogP contribution in [0.4, 0.5) is 0 Å². The second kappa shape index (κ2) is 4.77. The molecule has 2 N–H and O–H groups in total. The number of aliphatic hydroxyl groups excluding tert-OH is 2. The number of halogens is 1. The van der Waals surface area contributed by atoms with Crippen LogP contribution in [0.3, 0.4) is 0 Å². The first-order valence-electron chi connectivity index (χ1n) is 4.61. The fourth-order valence-electron chi connectivity index (χ4n) is 1.39. The van der Waals surface area contributed by atoms with E-state index in [0.29, 0.717) is 17.1 Å². The zero-order chi connectivity index (χ0) is 10.7. The Bertz CT molecular complexity index is 282. The monoisotopic (exact) mass is 218 g/mol. The maximum absolute atomic E-state index is 9.78. The lowest BCUT2D eigenvalue weighted by Crippen LogP contribution is -2.20. The lowest BCUT2D eigenvalue weighted by molar-refractivity contribution is 0.00849. The van der Waals surface area contributed by atoms with Gasteiger partial charge in [0.2, 0.25) is 0 Å². The average molecular weight is 219 g/mol. The molecular weight excluding hydrogens is 204 g/mol. The van der Waals surface area contributed by atoms with Crippen LogP contribution in [0.15, 0.2) is 6.20 Å². The summed E-state index contributed by atoms with van der Waals surface area (Å²) < 4.78 is 1.48. The zero-order valence-electron chi connectivity index (χ0n) is 8.31. The van der Waals surface area contributed by atoms with Gasteiger partial charge >= 0.3 is 0 Å². The standard InChI is InChI=1S/C9H15ClN2O2/c1-3-4-7(13)9(14)8-6(10)5-11-12(8)2/h5,7,9,13-14H,3-4H2,1-2H3. The number of aryl methyl sites for hydroxylation is 1. The second-order valence-corrected chi connectivity index (χ2v) is 3.71. The van der Waals surface area contributed by atoms with Gasteiger partial charge in [0.1, 0.15) is 6.10 Å². The fraction of sp³-hybridized carbons (Fsp3) is 0.667. The van der Waals surface area contributed by atoms with Gasteiger partial charge in [-0.25, -0.2) is 0 Å². The third-order valence-corrected chi connectivity index (χ3v) is 2.46. The summed E-state index contributed by atoms with van der Waals surface area (Å²) in [5.74, 6) is 0. The molecule has 2 atom stereocenters. The van der Waals surface area contributed by atoms with Crippen molar-refractivity contribution in [2.24, 2.45) is 7.05 Å². The highest BCUT2D eigenvalue weighted by atomic mass is 35.5. The van der Waals surface area contributed by atoms with Crippen molar-refractivity contribution in [1.82, 2.24) is 9.78 Å². The van der Waals surface area contributed by atoms with Crippen LogP contribution >= 0.6 is 11.6 Å². The molecule has 0 aliphatic carbocycles. The quantitative estimate of drug-likeness (QED) is 0.800. The van der Waals surface area contributed by atoms with Crippen molar-refractivity contribution in [3.8, 4) is 0 Å². The summed E-state index contributed by atoms with van der Waals surface area (Å²) in [6.45, 7) is 1.95. The van der Waals surface area contributed by atoms with Crippen molar-refractivity contribution < 1.29 is 10.2 Å². The highest BCUT2D eigenvalue weighted by Crippen LogP contribution is 2.25. The average Bonchev–Trinajstić information content (AvgIpc) is 2.46. The Balaban J connectivity index is 2.82. The molecule has 14 heavy (non-hydrogen) atoms. The van der Waals surface area contributed by atoms with E-state index in [1.807, 2.05) is 6.92 Å². The van der Waals surface area contributed by atoms with Crippen LogP contribution in [0.25, 0.3) is 0 Å². The molecule has 0 saturated carbocycles. The molecule has 80 valence electrons. The van der Waals surface area contributed by atoms with E-state index in [-0.39, 0.29) is 0 Å². The minimum Gasteiger partial charge on any atom is -0.390 e. The van der Waals surface area contributed by atoms with Gasteiger partial charge in [-0.1, -0.05) is 24.9 Å². The number of nitrogens with zero attached hydrogens (tertiary/aromatic N) is 2. The highest BCUT2D eigenvalue weighted by Gasteiger charge is 2.23. The van der Waals surface area contributed by atoms with Crippen LogP contribution in [0.2, 0.25) is 5.02 Å². The lowest BCUT2D eigenvalue weighted by atomic mass is 10.1. The maximum atomic E-state index is 9.78. The summed E-state index contributed by atoms with van der Waals surface area (Å²) in [4.78, 5) is 0. The fourth-order valence-corrected chi connectivity index (χ4v) is 1.67. The molecule has 1 heterocycles. The van der Waals surface area contributed by atoms with Gasteiger partial charge in [-0.3, -0.25) is 4.68 Å². The van der Waals surface area contributed by atoms with Crippen molar-refractivity contribution in [1.29, 1.82) is 0 Å². The summed E-state index contributed by atoms with van der Waals surface area (Å²) in [6, 6.07) is 0. The number of hydrogen-bond acceptors (Lipinski definition) is 3. The van der Waals surface area contributed by atoms with E-state index in [1.165, 1.54) is 10.9 Å². The van der Waals surface area contributed by atoms with Crippen LogP contribution in [0.5, 0.6) is 0 Å². The lowest BCUT2D eigenvalue weighted by Gasteiger charge is -2.17. The van der Waals surface area contributed by atoms with Crippen molar-refractivity contribution in [2.75, 3.05) is 0 Å². The van der Waals surface area contributed by atoms with E-state index in [4.69, 9.17) is 11.6 Å². The second-order valence-electron chi connectivity index (χ2n) is 3.30. The molecule has 1 rings (SSSR count). The Morgan fingerprint density at radius 3 is 2.64 bits per heavy atom. The van der Waals surface area contributed by atoms with Crippen molar-refractivity contribution in [3.05, 3.63) is 16.9 Å². The van der Waals surface area contributed by atoms with Gasteiger partial charge in [0.05, 0.1) is 23.0 Å². The molecule has 1 aromatic heterocycles. The minimum atomic E-state index is -0.963. The van der Waals surface area contributed by atoms with Crippen LogP contribution in [-0.2, 0) is 7.05 Å². The number of aromatic nitrogens is 2. The first-order chi connectivity index (χ1) is 6.57. The highest BCUT2D eigenvalue weighted by molar-refractivity contribution is 6.31. The van der Waals surface area contributed by atoms with Crippen molar-refractivity contribution in [3.63, 3.8) is 0 Å². The first kappa shape index (κ1) is 11.5. The van der Waals surface area contributed by atoms with E-state index >= 15 is 0 Å². The first-order valence-corrected chi connectivity index (χ1v) is 4.99.